The number of oxime groups is 1. The fourth-order valence-corrected chi connectivity index (χ4v) is 1.89. The highest BCUT2D eigenvalue weighted by atomic mass is 19.4. The number of hydrogen-bond donors (Lipinski definition) is 2. The molecule has 0 aromatic heterocycles. The van der Waals surface area contributed by atoms with E-state index in [1.807, 2.05) is 31.2 Å². The molecular formula is C13H18F3N3O. The number of rotatable bonds is 5. The molecule has 0 aliphatic carbocycles. The molecule has 1 aromatic carbocycles. The van der Waals surface area contributed by atoms with Crippen molar-refractivity contribution in [2.75, 3.05) is 13.6 Å². The Morgan fingerprint density at radius 2 is 2.00 bits per heavy atom. The van der Waals surface area contributed by atoms with Crippen LogP contribution in [0.2, 0.25) is 0 Å². The van der Waals surface area contributed by atoms with Crippen molar-refractivity contribution in [1.82, 2.24) is 4.90 Å². The van der Waals surface area contributed by atoms with Gasteiger partial charge in [0, 0.05) is 13.1 Å². The highest BCUT2D eigenvalue weighted by Gasteiger charge is 2.43. The van der Waals surface area contributed by atoms with Gasteiger partial charge in [-0.1, -0.05) is 29.4 Å². The summed E-state index contributed by atoms with van der Waals surface area (Å²) < 4.78 is 38.5. The molecule has 0 aliphatic heterocycles. The molecule has 3 N–H and O–H groups in total. The number of alkyl halides is 3. The van der Waals surface area contributed by atoms with Gasteiger partial charge in [0.25, 0.3) is 0 Å². The topological polar surface area (TPSA) is 61.8 Å². The molecule has 1 unspecified atom stereocenters. The largest absolute Gasteiger partial charge is 0.409 e. The van der Waals surface area contributed by atoms with Crippen molar-refractivity contribution in [1.29, 1.82) is 0 Å². The zero-order valence-electron chi connectivity index (χ0n) is 11.4. The molecule has 1 atom stereocenters. The third-order valence-corrected chi connectivity index (χ3v) is 3.06. The minimum Gasteiger partial charge on any atom is -0.409 e. The van der Waals surface area contributed by atoms with Crippen molar-refractivity contribution in [2.45, 2.75) is 19.6 Å². The lowest BCUT2D eigenvalue weighted by Gasteiger charge is -2.25. The second kappa shape index (κ2) is 6.60. The molecule has 1 aromatic rings. The zero-order chi connectivity index (χ0) is 15.3. The van der Waals surface area contributed by atoms with Crippen molar-refractivity contribution in [3.05, 3.63) is 35.4 Å². The molecule has 4 nitrogen and oxygen atoms in total. The van der Waals surface area contributed by atoms with E-state index in [1.165, 1.54) is 4.90 Å². The van der Waals surface area contributed by atoms with E-state index < -0.39 is 17.9 Å². The van der Waals surface area contributed by atoms with Gasteiger partial charge in [-0.3, -0.25) is 0 Å². The Hall–Kier alpha value is -1.76. The Morgan fingerprint density at radius 3 is 2.50 bits per heavy atom. The third-order valence-electron chi connectivity index (χ3n) is 3.06. The fraction of sp³-hybridized carbons (Fsp3) is 0.462. The smallest absolute Gasteiger partial charge is 0.400 e. The van der Waals surface area contributed by atoms with E-state index in [4.69, 9.17) is 10.9 Å². The van der Waals surface area contributed by atoms with Gasteiger partial charge in [-0.15, -0.1) is 0 Å². The molecule has 7 heteroatoms. The van der Waals surface area contributed by atoms with Crippen LogP contribution in [0.3, 0.4) is 0 Å². The highest BCUT2D eigenvalue weighted by Crippen LogP contribution is 2.27. The Balaban J connectivity index is 2.77. The molecule has 0 saturated heterocycles. The number of nitrogens with zero attached hydrogens (tertiary/aromatic N) is 2. The van der Waals surface area contributed by atoms with Crippen LogP contribution in [0, 0.1) is 12.8 Å². The third kappa shape index (κ3) is 4.41. The number of amidine groups is 1. The van der Waals surface area contributed by atoms with Crippen LogP contribution in [-0.4, -0.2) is 35.7 Å². The highest BCUT2D eigenvalue weighted by molar-refractivity contribution is 5.83. The SMILES string of the molecule is Cc1ccccc1CN(C)CC(/C(N)=N/O)C(F)(F)F. The van der Waals surface area contributed by atoms with E-state index in [-0.39, 0.29) is 6.54 Å². The molecule has 0 radical (unpaired) electrons. The Kier molecular flexibility index (Phi) is 5.38. The normalized spacial score (nSPS) is 14.6. The van der Waals surface area contributed by atoms with Crippen LogP contribution < -0.4 is 5.73 Å². The molecule has 0 aliphatic rings. The summed E-state index contributed by atoms with van der Waals surface area (Å²) in [6.07, 6.45) is -4.55. The first-order valence-electron chi connectivity index (χ1n) is 6.03. The Labute approximate surface area is 115 Å². The predicted molar refractivity (Wildman–Crippen MR) is 70.5 cm³/mol. The van der Waals surface area contributed by atoms with Gasteiger partial charge >= 0.3 is 6.18 Å². The van der Waals surface area contributed by atoms with Gasteiger partial charge in [-0.05, 0) is 25.1 Å². The van der Waals surface area contributed by atoms with Gasteiger partial charge in [0.05, 0.1) is 0 Å². The van der Waals surface area contributed by atoms with Crippen LogP contribution in [0.25, 0.3) is 0 Å². The maximum absolute atomic E-state index is 12.8. The molecule has 0 fully saturated rings. The van der Waals surface area contributed by atoms with Gasteiger partial charge in [0.2, 0.25) is 0 Å². The summed E-state index contributed by atoms with van der Waals surface area (Å²) in [5.41, 5.74) is 7.07. The summed E-state index contributed by atoms with van der Waals surface area (Å²) in [6, 6.07) is 7.46. The molecule has 0 saturated carbocycles. The summed E-state index contributed by atoms with van der Waals surface area (Å²) in [6.45, 7) is 1.89. The van der Waals surface area contributed by atoms with Gasteiger partial charge in [-0.25, -0.2) is 0 Å². The first-order chi connectivity index (χ1) is 9.25. The van der Waals surface area contributed by atoms with E-state index in [2.05, 4.69) is 5.16 Å². The van der Waals surface area contributed by atoms with Gasteiger partial charge in [0.1, 0.15) is 5.92 Å². The lowest BCUT2D eigenvalue weighted by molar-refractivity contribution is -0.159. The monoisotopic (exact) mass is 289 g/mol. The Morgan fingerprint density at radius 1 is 1.40 bits per heavy atom. The van der Waals surface area contributed by atoms with Crippen LogP contribution in [0.15, 0.2) is 29.4 Å². The zero-order valence-corrected chi connectivity index (χ0v) is 11.4. The Bertz CT molecular complexity index is 474. The van der Waals surface area contributed by atoms with Crippen LogP contribution in [-0.2, 0) is 6.54 Å². The van der Waals surface area contributed by atoms with Crippen molar-refractivity contribution in [3.8, 4) is 0 Å². The minimum absolute atomic E-state index is 0.359. The predicted octanol–water partition coefficient (Wildman–Crippen LogP) is 2.35. The molecule has 20 heavy (non-hydrogen) atoms. The molecule has 0 spiro atoms. The van der Waals surface area contributed by atoms with E-state index in [0.717, 1.165) is 11.1 Å². The molecule has 1 rings (SSSR count). The quantitative estimate of drug-likeness (QED) is 0.378. The minimum atomic E-state index is -4.55. The standard InChI is InChI=1S/C13H18F3N3O/c1-9-5-3-4-6-10(9)7-19(2)8-11(12(17)18-20)13(14,15)16/h3-6,11,20H,7-8H2,1-2H3,(H2,17,18). The number of nitrogens with two attached hydrogens (primary N) is 1. The molecule has 0 amide bonds. The lowest BCUT2D eigenvalue weighted by Crippen LogP contribution is -2.43. The van der Waals surface area contributed by atoms with Gasteiger partial charge in [-0.2, -0.15) is 13.2 Å². The number of benzene rings is 1. The van der Waals surface area contributed by atoms with Crippen LogP contribution in [0.1, 0.15) is 11.1 Å². The number of halogens is 3. The second-order valence-corrected chi connectivity index (χ2v) is 4.74. The van der Waals surface area contributed by atoms with Crippen LogP contribution in [0.4, 0.5) is 13.2 Å². The van der Waals surface area contributed by atoms with Crippen molar-refractivity contribution < 1.29 is 18.4 Å². The fourth-order valence-electron chi connectivity index (χ4n) is 1.89. The summed E-state index contributed by atoms with van der Waals surface area (Å²) in [7, 11) is 1.57. The van der Waals surface area contributed by atoms with Crippen LogP contribution in [0.5, 0.6) is 0 Å². The van der Waals surface area contributed by atoms with Crippen molar-refractivity contribution in [3.63, 3.8) is 0 Å². The molecule has 112 valence electrons. The summed E-state index contributed by atoms with van der Waals surface area (Å²) in [4.78, 5) is 1.50. The average molecular weight is 289 g/mol. The van der Waals surface area contributed by atoms with Crippen molar-refractivity contribution >= 4 is 5.84 Å². The lowest BCUT2D eigenvalue weighted by atomic mass is 10.1. The van der Waals surface area contributed by atoms with E-state index in [1.54, 1.807) is 7.05 Å². The maximum Gasteiger partial charge on any atom is 0.400 e. The first-order valence-corrected chi connectivity index (χ1v) is 6.03. The van der Waals surface area contributed by atoms with Gasteiger partial charge in [0.15, 0.2) is 5.84 Å². The van der Waals surface area contributed by atoms with E-state index in [9.17, 15) is 13.2 Å². The number of aryl methyl sites for hydroxylation is 1. The average Bonchev–Trinajstić information content (AvgIpc) is 2.36. The number of hydrogen-bond acceptors (Lipinski definition) is 3. The van der Waals surface area contributed by atoms with E-state index >= 15 is 0 Å². The summed E-state index contributed by atoms with van der Waals surface area (Å²) >= 11 is 0. The molecule has 0 bridgehead atoms. The summed E-state index contributed by atoms with van der Waals surface area (Å²) in [5.74, 6) is -2.81. The molecule has 0 heterocycles. The maximum atomic E-state index is 12.8. The summed E-state index contributed by atoms with van der Waals surface area (Å²) in [5, 5.41) is 10.9. The van der Waals surface area contributed by atoms with Crippen molar-refractivity contribution in [2.24, 2.45) is 16.8 Å². The first kappa shape index (κ1) is 16.3. The van der Waals surface area contributed by atoms with Crippen LogP contribution >= 0.6 is 0 Å². The molecular weight excluding hydrogens is 271 g/mol. The van der Waals surface area contributed by atoms with Gasteiger partial charge < -0.3 is 15.8 Å². The van der Waals surface area contributed by atoms with E-state index in [0.29, 0.717) is 6.54 Å². The second-order valence-electron chi connectivity index (χ2n) is 4.74.